The highest BCUT2D eigenvalue weighted by Crippen LogP contribution is 2.34. The fourth-order valence-corrected chi connectivity index (χ4v) is 4.05. The van der Waals surface area contributed by atoms with Crippen molar-refractivity contribution in [1.29, 1.82) is 0 Å². The molecule has 1 aliphatic rings. The first-order chi connectivity index (χ1) is 11.9. The molecule has 0 aliphatic heterocycles. The Bertz CT molecular complexity index is 777. The molecule has 6 nitrogen and oxygen atoms in total. The lowest BCUT2D eigenvalue weighted by Crippen LogP contribution is -2.56. The van der Waals surface area contributed by atoms with Gasteiger partial charge in [-0.05, 0) is 43.7 Å². The Morgan fingerprint density at radius 3 is 2.72 bits per heavy atom. The van der Waals surface area contributed by atoms with E-state index in [1.807, 2.05) is 0 Å². The molecule has 0 spiro atoms. The zero-order valence-corrected chi connectivity index (χ0v) is 15.6. The number of thiophene rings is 1. The summed E-state index contributed by atoms with van der Waals surface area (Å²) in [5.41, 5.74) is -0.870. The second-order valence-electron chi connectivity index (χ2n) is 6.39. The number of rotatable bonds is 4. The van der Waals surface area contributed by atoms with Crippen molar-refractivity contribution in [1.82, 2.24) is 10.5 Å². The molecule has 3 rings (SSSR count). The Kier molecular flexibility index (Phi) is 5.15. The molecule has 2 heterocycles. The molecule has 1 fully saturated rings. The summed E-state index contributed by atoms with van der Waals surface area (Å²) in [4.78, 5) is 25.7. The normalized spacial score (nSPS) is 23.2. The minimum atomic E-state index is -0.996. The number of nitrogens with zero attached hydrogens (tertiary/aromatic N) is 1. The van der Waals surface area contributed by atoms with Crippen LogP contribution >= 0.6 is 22.9 Å². The lowest BCUT2D eigenvalue weighted by molar-refractivity contribution is -0.150. The number of halogens is 1. The number of carbonyl (C=O) groups excluding carboxylic acids is 2. The largest absolute Gasteiger partial charge is 0.467 e. The van der Waals surface area contributed by atoms with Gasteiger partial charge in [0.15, 0.2) is 11.5 Å². The first-order valence-corrected chi connectivity index (χ1v) is 9.26. The summed E-state index contributed by atoms with van der Waals surface area (Å²) in [7, 11) is 1.34. The maximum atomic E-state index is 12.6. The Morgan fingerprint density at radius 2 is 2.12 bits per heavy atom. The predicted octanol–water partition coefficient (Wildman–Crippen LogP) is 3.91. The van der Waals surface area contributed by atoms with Crippen molar-refractivity contribution in [3.8, 4) is 10.6 Å². The second kappa shape index (κ2) is 7.17. The van der Waals surface area contributed by atoms with E-state index in [-0.39, 0.29) is 5.69 Å². The van der Waals surface area contributed by atoms with Gasteiger partial charge in [-0.1, -0.05) is 23.7 Å². The van der Waals surface area contributed by atoms with Crippen LogP contribution in [0.3, 0.4) is 0 Å². The maximum Gasteiger partial charge on any atom is 0.331 e. The van der Waals surface area contributed by atoms with Gasteiger partial charge in [-0.15, -0.1) is 11.3 Å². The average Bonchev–Trinajstić information content (AvgIpc) is 3.25. The van der Waals surface area contributed by atoms with Gasteiger partial charge in [0.05, 0.1) is 16.3 Å². The third-order valence-corrected chi connectivity index (χ3v) is 5.86. The molecule has 0 radical (unpaired) electrons. The molecule has 134 valence electrons. The molecule has 8 heteroatoms. The Labute approximate surface area is 154 Å². The molecule has 1 aliphatic carbocycles. The second-order valence-corrected chi connectivity index (χ2v) is 8.11. The van der Waals surface area contributed by atoms with Crippen molar-refractivity contribution in [3.05, 3.63) is 28.2 Å². The van der Waals surface area contributed by atoms with Crippen LogP contribution in [-0.4, -0.2) is 29.7 Å². The molecule has 1 amide bonds. The van der Waals surface area contributed by atoms with Crippen molar-refractivity contribution in [2.24, 2.45) is 5.92 Å². The van der Waals surface area contributed by atoms with Gasteiger partial charge in [0.25, 0.3) is 5.91 Å². The van der Waals surface area contributed by atoms with Crippen LogP contribution in [0.5, 0.6) is 0 Å². The van der Waals surface area contributed by atoms with E-state index in [0.717, 1.165) is 17.7 Å². The summed E-state index contributed by atoms with van der Waals surface area (Å²) in [6.07, 6.45) is 2.82. The van der Waals surface area contributed by atoms with E-state index >= 15 is 0 Å². The fraction of sp³-hybridized carbons (Fsp3) is 0.471. The summed E-state index contributed by atoms with van der Waals surface area (Å²) in [5, 5.41) is 6.65. The van der Waals surface area contributed by atoms with E-state index in [9.17, 15) is 9.59 Å². The Hall–Kier alpha value is -1.86. The van der Waals surface area contributed by atoms with Crippen LogP contribution in [0.1, 0.15) is 43.1 Å². The highest BCUT2D eigenvalue weighted by atomic mass is 35.5. The van der Waals surface area contributed by atoms with E-state index in [1.54, 1.807) is 18.2 Å². The van der Waals surface area contributed by atoms with Crippen molar-refractivity contribution in [2.45, 2.75) is 38.1 Å². The zero-order valence-electron chi connectivity index (χ0n) is 14.0. The molecule has 0 unspecified atom stereocenters. The minimum Gasteiger partial charge on any atom is -0.467 e. The van der Waals surface area contributed by atoms with Gasteiger partial charge in [-0.2, -0.15) is 0 Å². The molecule has 1 N–H and O–H groups in total. The fourth-order valence-electron chi connectivity index (χ4n) is 3.06. The highest BCUT2D eigenvalue weighted by Gasteiger charge is 2.44. The standard InChI is InChI=1S/C17H19ClN2O4S/c1-10-5-7-17(8-6-10,16(22)23-2)19-15(21)11-9-12(24-20-11)13-3-4-14(18)25-13/h3-4,9-10H,5-8H2,1-2H3,(H,19,21). The molecule has 0 atom stereocenters. The van der Waals surface area contributed by atoms with Gasteiger partial charge in [-0.25, -0.2) is 4.79 Å². The number of nitrogens with one attached hydrogen (secondary N) is 1. The van der Waals surface area contributed by atoms with E-state index in [0.29, 0.717) is 28.9 Å². The number of esters is 1. The van der Waals surface area contributed by atoms with E-state index < -0.39 is 17.4 Å². The van der Waals surface area contributed by atoms with Crippen molar-refractivity contribution in [3.63, 3.8) is 0 Å². The number of ether oxygens (including phenoxy) is 1. The van der Waals surface area contributed by atoms with Crippen molar-refractivity contribution < 1.29 is 18.8 Å². The van der Waals surface area contributed by atoms with E-state index in [2.05, 4.69) is 17.4 Å². The molecule has 25 heavy (non-hydrogen) atoms. The Morgan fingerprint density at radius 1 is 1.40 bits per heavy atom. The summed E-state index contributed by atoms with van der Waals surface area (Å²) >= 11 is 7.25. The summed E-state index contributed by atoms with van der Waals surface area (Å²) in [6, 6.07) is 5.10. The lowest BCUT2D eigenvalue weighted by Gasteiger charge is -2.37. The minimum absolute atomic E-state index is 0.126. The van der Waals surface area contributed by atoms with Gasteiger partial charge >= 0.3 is 5.97 Å². The van der Waals surface area contributed by atoms with Crippen LogP contribution < -0.4 is 5.32 Å². The smallest absolute Gasteiger partial charge is 0.331 e. The SMILES string of the molecule is COC(=O)C1(NC(=O)c2cc(-c3ccc(Cl)s3)on2)CCC(C)CC1. The van der Waals surface area contributed by atoms with Crippen LogP contribution in [0.25, 0.3) is 10.6 Å². The number of aromatic nitrogens is 1. The van der Waals surface area contributed by atoms with Crippen molar-refractivity contribution >= 4 is 34.8 Å². The van der Waals surface area contributed by atoms with Gasteiger partial charge in [-0.3, -0.25) is 4.79 Å². The molecule has 0 bridgehead atoms. The number of carbonyl (C=O) groups is 2. The summed E-state index contributed by atoms with van der Waals surface area (Å²) in [6.45, 7) is 2.14. The number of hydrogen-bond donors (Lipinski definition) is 1. The number of hydrogen-bond acceptors (Lipinski definition) is 6. The molecular formula is C17H19ClN2O4S. The molecule has 2 aromatic heterocycles. The van der Waals surface area contributed by atoms with Crippen LogP contribution in [0.4, 0.5) is 0 Å². The molecule has 1 saturated carbocycles. The third kappa shape index (κ3) is 3.72. The molecule has 0 aromatic carbocycles. The van der Waals surface area contributed by atoms with Crippen LogP contribution in [0.2, 0.25) is 4.34 Å². The van der Waals surface area contributed by atoms with E-state index in [1.165, 1.54) is 18.4 Å². The first kappa shape index (κ1) is 17.9. The first-order valence-electron chi connectivity index (χ1n) is 8.07. The molecule has 2 aromatic rings. The van der Waals surface area contributed by atoms with Crippen molar-refractivity contribution in [2.75, 3.05) is 7.11 Å². The Balaban J connectivity index is 1.78. The van der Waals surface area contributed by atoms with Gasteiger partial charge in [0.1, 0.15) is 5.54 Å². The summed E-state index contributed by atoms with van der Waals surface area (Å²) < 4.78 is 10.8. The number of methoxy groups -OCH3 is 1. The highest BCUT2D eigenvalue weighted by molar-refractivity contribution is 7.19. The quantitative estimate of drug-likeness (QED) is 0.811. The number of amides is 1. The topological polar surface area (TPSA) is 81.4 Å². The zero-order chi connectivity index (χ0) is 18.0. The van der Waals surface area contributed by atoms with Gasteiger partial charge in [0, 0.05) is 6.07 Å². The lowest BCUT2D eigenvalue weighted by atomic mass is 9.77. The molecule has 0 saturated heterocycles. The summed E-state index contributed by atoms with van der Waals surface area (Å²) in [5.74, 6) is 0.127. The molecular weight excluding hydrogens is 364 g/mol. The van der Waals surface area contributed by atoms with Crippen LogP contribution in [0, 0.1) is 5.92 Å². The third-order valence-electron chi connectivity index (χ3n) is 4.62. The van der Waals surface area contributed by atoms with Crippen LogP contribution in [-0.2, 0) is 9.53 Å². The van der Waals surface area contributed by atoms with Crippen LogP contribution in [0.15, 0.2) is 22.7 Å². The van der Waals surface area contributed by atoms with E-state index in [4.69, 9.17) is 20.9 Å². The van der Waals surface area contributed by atoms with Gasteiger partial charge in [0.2, 0.25) is 0 Å². The maximum absolute atomic E-state index is 12.6. The predicted molar refractivity (Wildman–Crippen MR) is 94.7 cm³/mol. The average molecular weight is 383 g/mol. The monoisotopic (exact) mass is 382 g/mol. The van der Waals surface area contributed by atoms with Gasteiger partial charge < -0.3 is 14.6 Å².